The van der Waals surface area contributed by atoms with Crippen LogP contribution in [0.25, 0.3) is 0 Å². The largest absolute Gasteiger partial charge is 0.355 e. The predicted molar refractivity (Wildman–Crippen MR) is 114 cm³/mol. The Bertz CT molecular complexity index is 1080. The van der Waals surface area contributed by atoms with Crippen LogP contribution in [-0.2, 0) is 11.2 Å². The molecule has 2 amide bonds. The van der Waals surface area contributed by atoms with Crippen LogP contribution in [0.15, 0.2) is 60.9 Å². The highest BCUT2D eigenvalue weighted by molar-refractivity contribution is 6.12. The summed E-state index contributed by atoms with van der Waals surface area (Å²) in [7, 11) is 3.45. The van der Waals surface area contributed by atoms with Crippen molar-refractivity contribution in [2.24, 2.45) is 0 Å². The third kappa shape index (κ3) is 4.03. The second-order valence-electron chi connectivity index (χ2n) is 7.05. The molecule has 0 saturated carbocycles. The standard InChI is InChI=1S/C22H21N5O2/c1-27(2)21(28)12-14-3-6-18-20(11-14)26-22(29)17-5-4-16(13-19(17)25-18)24-15-7-9-23-10-8-15/h3-11,13,25H,12H2,1-2H3,(H,23,24)(H,26,29). The second-order valence-corrected chi connectivity index (χ2v) is 7.05. The zero-order valence-corrected chi connectivity index (χ0v) is 16.2. The maximum Gasteiger partial charge on any atom is 0.257 e. The van der Waals surface area contributed by atoms with E-state index in [2.05, 4.69) is 20.9 Å². The molecular formula is C22H21N5O2. The third-order valence-corrected chi connectivity index (χ3v) is 4.69. The Morgan fingerprint density at radius 3 is 2.48 bits per heavy atom. The van der Waals surface area contributed by atoms with Gasteiger partial charge in [-0.2, -0.15) is 0 Å². The number of carbonyl (C=O) groups excluding carboxylic acids is 2. The summed E-state index contributed by atoms with van der Waals surface area (Å²) in [6, 6.07) is 14.9. The van der Waals surface area contributed by atoms with Crippen LogP contribution in [0, 0.1) is 0 Å². The summed E-state index contributed by atoms with van der Waals surface area (Å²) in [5.74, 6) is -0.189. The van der Waals surface area contributed by atoms with Crippen molar-refractivity contribution in [3.8, 4) is 0 Å². The van der Waals surface area contributed by atoms with E-state index in [1.54, 1.807) is 37.5 Å². The first kappa shape index (κ1) is 18.5. The molecule has 0 saturated heterocycles. The molecular weight excluding hydrogens is 366 g/mol. The van der Waals surface area contributed by atoms with E-state index < -0.39 is 0 Å². The molecule has 146 valence electrons. The lowest BCUT2D eigenvalue weighted by Gasteiger charge is -2.13. The number of aromatic nitrogens is 1. The van der Waals surface area contributed by atoms with E-state index >= 15 is 0 Å². The van der Waals surface area contributed by atoms with Gasteiger partial charge in [-0.15, -0.1) is 0 Å². The van der Waals surface area contributed by atoms with Crippen LogP contribution in [0.5, 0.6) is 0 Å². The van der Waals surface area contributed by atoms with E-state index in [1.165, 1.54) is 0 Å². The summed E-state index contributed by atoms with van der Waals surface area (Å²) in [5.41, 5.74) is 5.29. The first-order valence-corrected chi connectivity index (χ1v) is 9.22. The molecule has 2 heterocycles. The maximum absolute atomic E-state index is 12.7. The Morgan fingerprint density at radius 1 is 0.931 bits per heavy atom. The van der Waals surface area contributed by atoms with Gasteiger partial charge in [0, 0.05) is 37.9 Å². The van der Waals surface area contributed by atoms with Gasteiger partial charge in [0.1, 0.15) is 0 Å². The number of hydrogen-bond donors (Lipinski definition) is 3. The van der Waals surface area contributed by atoms with Crippen molar-refractivity contribution in [1.29, 1.82) is 0 Å². The molecule has 7 heteroatoms. The number of rotatable bonds is 4. The number of likely N-dealkylation sites (N-methyl/N-ethyl adjacent to an activating group) is 1. The van der Waals surface area contributed by atoms with Gasteiger partial charge in [-0.25, -0.2) is 0 Å². The molecule has 0 unspecified atom stereocenters. The quantitative estimate of drug-likeness (QED) is 0.635. The van der Waals surface area contributed by atoms with Crippen molar-refractivity contribution < 1.29 is 9.59 Å². The van der Waals surface area contributed by atoms with E-state index in [0.717, 1.165) is 22.6 Å². The van der Waals surface area contributed by atoms with Gasteiger partial charge >= 0.3 is 0 Å². The molecule has 0 spiro atoms. The van der Waals surface area contributed by atoms with Gasteiger partial charge in [0.05, 0.1) is 29.0 Å². The summed E-state index contributed by atoms with van der Waals surface area (Å²) in [4.78, 5) is 30.3. The first-order valence-electron chi connectivity index (χ1n) is 9.22. The van der Waals surface area contributed by atoms with E-state index in [4.69, 9.17) is 0 Å². The highest BCUT2D eigenvalue weighted by Crippen LogP contribution is 2.34. The molecule has 3 aromatic rings. The van der Waals surface area contributed by atoms with Gasteiger partial charge in [0.25, 0.3) is 5.91 Å². The van der Waals surface area contributed by atoms with Crippen LogP contribution in [0.4, 0.5) is 28.4 Å². The molecule has 1 aliphatic rings. The van der Waals surface area contributed by atoms with E-state index in [1.807, 2.05) is 42.5 Å². The molecule has 7 nitrogen and oxygen atoms in total. The van der Waals surface area contributed by atoms with Gasteiger partial charge in [0.15, 0.2) is 0 Å². The first-order chi connectivity index (χ1) is 14.0. The van der Waals surface area contributed by atoms with Crippen molar-refractivity contribution >= 4 is 40.3 Å². The number of anilines is 5. The number of pyridine rings is 1. The average Bonchev–Trinajstić information content (AvgIpc) is 2.83. The minimum absolute atomic E-state index is 0.00738. The van der Waals surface area contributed by atoms with Crippen LogP contribution in [0.1, 0.15) is 15.9 Å². The van der Waals surface area contributed by atoms with Crippen LogP contribution in [0.2, 0.25) is 0 Å². The molecule has 2 aromatic carbocycles. The smallest absolute Gasteiger partial charge is 0.257 e. The lowest BCUT2D eigenvalue weighted by molar-refractivity contribution is -0.127. The van der Waals surface area contributed by atoms with Crippen LogP contribution < -0.4 is 16.0 Å². The fourth-order valence-electron chi connectivity index (χ4n) is 3.11. The highest BCUT2D eigenvalue weighted by Gasteiger charge is 2.20. The zero-order chi connectivity index (χ0) is 20.4. The Balaban J connectivity index is 1.62. The van der Waals surface area contributed by atoms with E-state index in [-0.39, 0.29) is 18.2 Å². The monoisotopic (exact) mass is 387 g/mol. The molecule has 0 aliphatic carbocycles. The number of carbonyl (C=O) groups is 2. The van der Waals surface area contributed by atoms with Crippen molar-refractivity contribution in [3.05, 3.63) is 72.1 Å². The summed E-state index contributed by atoms with van der Waals surface area (Å²) in [6.07, 6.45) is 3.71. The second kappa shape index (κ2) is 7.63. The number of benzene rings is 2. The van der Waals surface area contributed by atoms with Crippen LogP contribution >= 0.6 is 0 Å². The van der Waals surface area contributed by atoms with Crippen molar-refractivity contribution in [2.45, 2.75) is 6.42 Å². The number of fused-ring (bicyclic) bond motifs is 2. The minimum atomic E-state index is -0.196. The summed E-state index contributed by atoms with van der Waals surface area (Å²) < 4.78 is 0. The van der Waals surface area contributed by atoms with Crippen LogP contribution in [-0.4, -0.2) is 35.8 Å². The molecule has 0 bridgehead atoms. The van der Waals surface area contributed by atoms with Gasteiger partial charge in [0.2, 0.25) is 5.91 Å². The number of amides is 2. The Kier molecular flexibility index (Phi) is 4.87. The van der Waals surface area contributed by atoms with Gasteiger partial charge in [-0.1, -0.05) is 6.07 Å². The topological polar surface area (TPSA) is 86.4 Å². The predicted octanol–water partition coefficient (Wildman–Crippen LogP) is 3.77. The molecule has 3 N–H and O–H groups in total. The summed E-state index contributed by atoms with van der Waals surface area (Å²) >= 11 is 0. The molecule has 4 rings (SSSR count). The fourth-order valence-corrected chi connectivity index (χ4v) is 3.11. The van der Waals surface area contributed by atoms with E-state index in [0.29, 0.717) is 16.9 Å². The fraction of sp³-hybridized carbons (Fsp3) is 0.136. The maximum atomic E-state index is 12.7. The number of nitrogens with one attached hydrogen (secondary N) is 3. The SMILES string of the molecule is CN(C)C(=O)Cc1ccc2c(c1)NC(=O)c1ccc(Nc3ccncc3)cc1N2. The lowest BCUT2D eigenvalue weighted by Crippen LogP contribution is -2.23. The molecule has 29 heavy (non-hydrogen) atoms. The molecule has 0 fully saturated rings. The minimum Gasteiger partial charge on any atom is -0.355 e. The highest BCUT2D eigenvalue weighted by atomic mass is 16.2. The number of hydrogen-bond acceptors (Lipinski definition) is 5. The number of nitrogens with zero attached hydrogens (tertiary/aromatic N) is 2. The summed E-state index contributed by atoms with van der Waals surface area (Å²) in [6.45, 7) is 0. The van der Waals surface area contributed by atoms with Gasteiger partial charge < -0.3 is 20.9 Å². The Morgan fingerprint density at radius 2 is 1.72 bits per heavy atom. The lowest BCUT2D eigenvalue weighted by atomic mass is 10.1. The van der Waals surface area contributed by atoms with Crippen molar-refractivity contribution in [1.82, 2.24) is 9.88 Å². The van der Waals surface area contributed by atoms with Crippen LogP contribution in [0.3, 0.4) is 0 Å². The Labute approximate surface area is 168 Å². The molecule has 1 aliphatic heterocycles. The van der Waals surface area contributed by atoms with Crippen molar-refractivity contribution in [2.75, 3.05) is 30.0 Å². The summed E-state index contributed by atoms with van der Waals surface area (Å²) in [5, 5.41) is 9.57. The Hall–Kier alpha value is -3.87. The molecule has 0 atom stereocenters. The van der Waals surface area contributed by atoms with Crippen molar-refractivity contribution in [3.63, 3.8) is 0 Å². The average molecular weight is 387 g/mol. The normalized spacial score (nSPS) is 12.0. The third-order valence-electron chi connectivity index (χ3n) is 4.69. The van der Waals surface area contributed by atoms with Gasteiger partial charge in [-0.05, 0) is 48.0 Å². The molecule has 1 aromatic heterocycles. The van der Waals surface area contributed by atoms with E-state index in [9.17, 15) is 9.59 Å². The molecule has 0 radical (unpaired) electrons. The van der Waals surface area contributed by atoms with Gasteiger partial charge in [-0.3, -0.25) is 14.6 Å². The zero-order valence-electron chi connectivity index (χ0n) is 16.2.